The number of rotatable bonds is 3. The lowest BCUT2D eigenvalue weighted by molar-refractivity contribution is -0.387. The van der Waals surface area contributed by atoms with Crippen LogP contribution in [0.15, 0.2) is 36.4 Å². The van der Waals surface area contributed by atoms with Gasteiger partial charge in [-0.3, -0.25) is 14.9 Å². The first-order valence-corrected chi connectivity index (χ1v) is 6.98. The highest BCUT2D eigenvalue weighted by atomic mass is 127. The average Bonchev–Trinajstić information content (AvgIpc) is 2.41. The van der Waals surface area contributed by atoms with Gasteiger partial charge in [0.1, 0.15) is 0 Å². The number of amides is 1. The number of hydrogen-bond acceptors (Lipinski definition) is 3. The molecule has 0 fully saturated rings. The van der Waals surface area contributed by atoms with Crippen LogP contribution in [0.4, 0.5) is 15.8 Å². The highest BCUT2D eigenvalue weighted by molar-refractivity contribution is 14.1. The number of nitrogens with zero attached hydrogens (tertiary/aromatic N) is 1. The quantitative estimate of drug-likeness (QED) is 0.483. The van der Waals surface area contributed by atoms with E-state index in [-0.39, 0.29) is 5.69 Å². The molecule has 0 saturated heterocycles. The van der Waals surface area contributed by atoms with Crippen LogP contribution in [0.5, 0.6) is 0 Å². The predicted molar refractivity (Wildman–Crippen MR) is 84.9 cm³/mol. The van der Waals surface area contributed by atoms with E-state index in [4.69, 9.17) is 0 Å². The Morgan fingerprint density at radius 3 is 2.67 bits per heavy atom. The first kappa shape index (κ1) is 15.4. The molecule has 0 heterocycles. The Kier molecular flexibility index (Phi) is 4.51. The summed E-state index contributed by atoms with van der Waals surface area (Å²) in [4.78, 5) is 21.9. The molecule has 0 radical (unpaired) electrons. The van der Waals surface area contributed by atoms with Gasteiger partial charge < -0.3 is 5.32 Å². The summed E-state index contributed by atoms with van der Waals surface area (Å²) in [5.74, 6) is -1.38. The number of carbonyl (C=O) groups excluding carboxylic acids is 1. The second kappa shape index (κ2) is 6.17. The van der Waals surface area contributed by atoms with Gasteiger partial charge in [-0.15, -0.1) is 0 Å². The van der Waals surface area contributed by atoms with Crippen LogP contribution in [-0.2, 0) is 0 Å². The van der Waals surface area contributed by atoms with Crippen molar-refractivity contribution in [3.63, 3.8) is 0 Å². The van der Waals surface area contributed by atoms with Crippen LogP contribution in [0.25, 0.3) is 0 Å². The molecule has 21 heavy (non-hydrogen) atoms. The lowest BCUT2D eigenvalue weighted by Crippen LogP contribution is -2.14. The van der Waals surface area contributed by atoms with E-state index < -0.39 is 22.3 Å². The Bertz CT molecular complexity index is 734. The number of halogens is 2. The summed E-state index contributed by atoms with van der Waals surface area (Å²) < 4.78 is 14.3. The van der Waals surface area contributed by atoms with E-state index >= 15 is 0 Å². The first-order valence-electron chi connectivity index (χ1n) is 5.90. The Hall–Kier alpha value is -2.03. The molecule has 0 unspecified atom stereocenters. The Balaban J connectivity index is 2.26. The van der Waals surface area contributed by atoms with Crippen molar-refractivity contribution in [1.82, 2.24) is 0 Å². The molecule has 108 valence electrons. The molecule has 0 aromatic heterocycles. The molecule has 0 saturated carbocycles. The molecule has 0 aliphatic rings. The van der Waals surface area contributed by atoms with Crippen LogP contribution < -0.4 is 5.32 Å². The van der Waals surface area contributed by atoms with Crippen molar-refractivity contribution in [3.05, 3.63) is 67.0 Å². The number of nitro benzene ring substituents is 1. The Morgan fingerprint density at radius 1 is 1.33 bits per heavy atom. The summed E-state index contributed by atoms with van der Waals surface area (Å²) in [6.45, 7) is 1.88. The normalized spacial score (nSPS) is 10.2. The molecule has 5 nitrogen and oxygen atoms in total. The zero-order chi connectivity index (χ0) is 15.6. The molecule has 1 amide bonds. The summed E-state index contributed by atoms with van der Waals surface area (Å²) in [6, 6.07) is 8.53. The highest BCUT2D eigenvalue weighted by Crippen LogP contribution is 2.22. The van der Waals surface area contributed by atoms with Gasteiger partial charge in [-0.2, -0.15) is 4.39 Å². The molecule has 7 heteroatoms. The summed E-state index contributed by atoms with van der Waals surface area (Å²) in [7, 11) is 0. The molecule has 2 aromatic carbocycles. The van der Waals surface area contributed by atoms with Crippen LogP contribution in [0.1, 0.15) is 15.9 Å². The second-order valence-corrected chi connectivity index (χ2v) is 5.39. The van der Waals surface area contributed by atoms with Crippen LogP contribution >= 0.6 is 22.6 Å². The fourth-order valence-electron chi connectivity index (χ4n) is 1.75. The fourth-order valence-corrected chi connectivity index (χ4v) is 2.36. The minimum absolute atomic E-state index is 0.167. The van der Waals surface area contributed by atoms with Gasteiger partial charge in [0.15, 0.2) is 0 Å². The Labute approximate surface area is 133 Å². The van der Waals surface area contributed by atoms with E-state index in [1.165, 1.54) is 6.07 Å². The molecule has 1 N–H and O–H groups in total. The van der Waals surface area contributed by atoms with Crippen molar-refractivity contribution in [1.29, 1.82) is 0 Å². The number of carbonyl (C=O) groups is 1. The maximum absolute atomic E-state index is 13.5. The van der Waals surface area contributed by atoms with Crippen molar-refractivity contribution in [2.24, 2.45) is 0 Å². The Morgan fingerprint density at radius 2 is 2.05 bits per heavy atom. The minimum Gasteiger partial charge on any atom is -0.322 e. The van der Waals surface area contributed by atoms with Crippen molar-refractivity contribution in [3.8, 4) is 0 Å². The molecule has 2 rings (SSSR count). The summed E-state index contributed by atoms with van der Waals surface area (Å²) >= 11 is 2.06. The van der Waals surface area contributed by atoms with E-state index in [1.54, 1.807) is 12.1 Å². The maximum atomic E-state index is 13.5. The number of hydrogen-bond donors (Lipinski definition) is 1. The third-order valence-electron chi connectivity index (χ3n) is 2.84. The number of anilines is 1. The first-order chi connectivity index (χ1) is 9.90. The van der Waals surface area contributed by atoms with E-state index in [0.717, 1.165) is 21.3 Å². The lowest BCUT2D eigenvalue weighted by atomic mass is 10.1. The number of benzene rings is 2. The van der Waals surface area contributed by atoms with E-state index in [9.17, 15) is 19.3 Å². The molecule has 0 bridgehead atoms. The van der Waals surface area contributed by atoms with E-state index in [0.29, 0.717) is 5.56 Å². The third kappa shape index (κ3) is 3.35. The van der Waals surface area contributed by atoms with Crippen LogP contribution in [0, 0.1) is 26.4 Å². The molecule has 0 spiro atoms. The number of nitrogens with one attached hydrogen (secondary N) is 1. The largest absolute Gasteiger partial charge is 0.322 e. The van der Waals surface area contributed by atoms with Gasteiger partial charge in [0.05, 0.1) is 10.5 Å². The summed E-state index contributed by atoms with van der Waals surface area (Å²) in [6.07, 6.45) is 0. The summed E-state index contributed by atoms with van der Waals surface area (Å²) in [5.41, 5.74) is 0.964. The van der Waals surface area contributed by atoms with Gasteiger partial charge in [0.25, 0.3) is 5.91 Å². The van der Waals surface area contributed by atoms with E-state index in [2.05, 4.69) is 27.9 Å². The fraction of sp³-hybridized carbons (Fsp3) is 0.0714. The monoisotopic (exact) mass is 400 g/mol. The van der Waals surface area contributed by atoms with Crippen molar-refractivity contribution in [2.75, 3.05) is 5.32 Å². The predicted octanol–water partition coefficient (Wildman–Crippen LogP) is 3.90. The molecule has 0 aliphatic heterocycles. The topological polar surface area (TPSA) is 72.2 Å². The molecule has 0 atom stereocenters. The second-order valence-electron chi connectivity index (χ2n) is 4.31. The van der Waals surface area contributed by atoms with Gasteiger partial charge in [-0.05, 0) is 47.2 Å². The minimum atomic E-state index is -0.989. The molecule has 2 aromatic rings. The molecular weight excluding hydrogens is 390 g/mol. The molecule has 0 aliphatic carbocycles. The SMILES string of the molecule is Cc1cccc(C(=O)Nc2ccc([N+](=O)[O-])c(F)c2)c1I. The number of aryl methyl sites for hydroxylation is 1. The number of nitro groups is 1. The van der Waals surface area contributed by atoms with Gasteiger partial charge in [0.2, 0.25) is 5.82 Å². The van der Waals surface area contributed by atoms with Crippen molar-refractivity contribution in [2.45, 2.75) is 6.92 Å². The van der Waals surface area contributed by atoms with Gasteiger partial charge >= 0.3 is 5.69 Å². The zero-order valence-electron chi connectivity index (χ0n) is 10.9. The van der Waals surface area contributed by atoms with Gasteiger partial charge in [-0.25, -0.2) is 0 Å². The maximum Gasteiger partial charge on any atom is 0.304 e. The van der Waals surface area contributed by atoms with Crippen molar-refractivity contribution < 1.29 is 14.1 Å². The van der Waals surface area contributed by atoms with Gasteiger partial charge in [-0.1, -0.05) is 12.1 Å². The van der Waals surface area contributed by atoms with Crippen LogP contribution in [-0.4, -0.2) is 10.8 Å². The average molecular weight is 400 g/mol. The van der Waals surface area contributed by atoms with Crippen LogP contribution in [0.2, 0.25) is 0 Å². The lowest BCUT2D eigenvalue weighted by Gasteiger charge is -2.08. The summed E-state index contributed by atoms with van der Waals surface area (Å²) in [5, 5.41) is 13.1. The smallest absolute Gasteiger partial charge is 0.304 e. The zero-order valence-corrected chi connectivity index (χ0v) is 13.0. The molecular formula is C14H10FIN2O3. The van der Waals surface area contributed by atoms with Crippen LogP contribution in [0.3, 0.4) is 0 Å². The third-order valence-corrected chi connectivity index (χ3v) is 4.27. The van der Waals surface area contributed by atoms with E-state index in [1.807, 2.05) is 13.0 Å². The van der Waals surface area contributed by atoms with Gasteiger partial charge in [0, 0.05) is 21.4 Å². The standard InChI is InChI=1S/C14H10FIN2O3/c1-8-3-2-4-10(13(8)16)14(19)17-9-5-6-12(18(20)21)11(15)7-9/h2-7H,1H3,(H,17,19). The van der Waals surface area contributed by atoms with Crippen molar-refractivity contribution >= 4 is 39.9 Å². The highest BCUT2D eigenvalue weighted by Gasteiger charge is 2.16.